The molecule has 0 atom stereocenters. The van der Waals surface area contributed by atoms with E-state index >= 15 is 0 Å². The largest absolute Gasteiger partial charge is 0.416 e. The third-order valence-electron chi connectivity index (χ3n) is 2.57. The number of carbonyl (C=O) groups is 1. The van der Waals surface area contributed by atoms with Gasteiger partial charge in [0.1, 0.15) is 0 Å². The molecule has 0 bridgehead atoms. The monoisotopic (exact) mass is 310 g/mol. The molecule has 0 aliphatic carbocycles. The van der Waals surface area contributed by atoms with Gasteiger partial charge < -0.3 is 11.1 Å². The molecule has 0 saturated carbocycles. The maximum absolute atomic E-state index is 12.5. The van der Waals surface area contributed by atoms with Gasteiger partial charge in [-0.2, -0.15) is 13.2 Å². The Morgan fingerprint density at radius 1 is 1.25 bits per heavy atom. The van der Waals surface area contributed by atoms with Crippen molar-refractivity contribution < 1.29 is 18.0 Å². The Kier molecular flexibility index (Phi) is 8.25. The van der Waals surface area contributed by atoms with Gasteiger partial charge in [-0.05, 0) is 31.0 Å². The summed E-state index contributed by atoms with van der Waals surface area (Å²) in [5.41, 5.74) is 4.92. The van der Waals surface area contributed by atoms with E-state index in [-0.39, 0.29) is 24.7 Å². The highest BCUT2D eigenvalue weighted by Gasteiger charge is 2.30. The van der Waals surface area contributed by atoms with Crippen molar-refractivity contribution in [3.05, 3.63) is 35.4 Å². The van der Waals surface area contributed by atoms with Crippen molar-refractivity contribution in [3.8, 4) is 0 Å². The molecule has 114 valence electrons. The molecular weight excluding hydrogens is 293 g/mol. The summed E-state index contributed by atoms with van der Waals surface area (Å²) in [4.78, 5) is 11.5. The third kappa shape index (κ3) is 6.77. The maximum Gasteiger partial charge on any atom is 0.416 e. The summed E-state index contributed by atoms with van der Waals surface area (Å²) in [7, 11) is 0. The lowest BCUT2D eigenvalue weighted by molar-refractivity contribution is -0.137. The standard InChI is InChI=1S/C13H17F3N2O.ClH/c14-13(15,16)11-5-3-4-10(8-11)9-12(19)18-7-2-1-6-17;/h3-5,8H,1-2,6-7,9,17H2,(H,18,19);1H. The maximum atomic E-state index is 12.5. The van der Waals surface area contributed by atoms with Gasteiger partial charge in [-0.25, -0.2) is 0 Å². The minimum Gasteiger partial charge on any atom is -0.356 e. The van der Waals surface area contributed by atoms with Crippen LogP contribution in [0, 0.1) is 0 Å². The van der Waals surface area contributed by atoms with Crippen molar-refractivity contribution in [1.82, 2.24) is 5.32 Å². The van der Waals surface area contributed by atoms with E-state index in [1.54, 1.807) is 0 Å². The van der Waals surface area contributed by atoms with Crippen LogP contribution in [0.5, 0.6) is 0 Å². The molecule has 1 aromatic rings. The van der Waals surface area contributed by atoms with E-state index in [9.17, 15) is 18.0 Å². The van der Waals surface area contributed by atoms with Gasteiger partial charge in [0.2, 0.25) is 5.91 Å². The second-order valence-corrected chi connectivity index (χ2v) is 4.22. The molecule has 0 aliphatic rings. The molecule has 0 aromatic heterocycles. The van der Waals surface area contributed by atoms with Crippen molar-refractivity contribution in [2.75, 3.05) is 13.1 Å². The molecular formula is C13H18ClF3N2O. The van der Waals surface area contributed by atoms with Crippen LogP contribution in [-0.2, 0) is 17.4 Å². The number of amides is 1. The van der Waals surface area contributed by atoms with E-state index in [0.29, 0.717) is 18.7 Å². The SMILES string of the molecule is Cl.NCCCCNC(=O)Cc1cccc(C(F)(F)F)c1. The van der Waals surface area contributed by atoms with Crippen molar-refractivity contribution in [1.29, 1.82) is 0 Å². The zero-order chi connectivity index (χ0) is 14.3. The number of unbranched alkanes of at least 4 members (excludes halogenated alkanes) is 1. The molecule has 0 fully saturated rings. The molecule has 20 heavy (non-hydrogen) atoms. The zero-order valence-corrected chi connectivity index (χ0v) is 11.7. The number of hydrogen-bond acceptors (Lipinski definition) is 2. The highest BCUT2D eigenvalue weighted by atomic mass is 35.5. The van der Waals surface area contributed by atoms with Crippen LogP contribution in [0.3, 0.4) is 0 Å². The van der Waals surface area contributed by atoms with Gasteiger partial charge in [-0.3, -0.25) is 4.79 Å². The summed E-state index contributed by atoms with van der Waals surface area (Å²) >= 11 is 0. The molecule has 3 N–H and O–H groups in total. The van der Waals surface area contributed by atoms with Gasteiger partial charge in [0.15, 0.2) is 0 Å². The fourth-order valence-corrected chi connectivity index (χ4v) is 1.60. The first-order valence-corrected chi connectivity index (χ1v) is 6.06. The zero-order valence-electron chi connectivity index (χ0n) is 10.9. The topological polar surface area (TPSA) is 55.1 Å². The average Bonchev–Trinajstić information content (AvgIpc) is 2.34. The van der Waals surface area contributed by atoms with Crippen LogP contribution in [0.4, 0.5) is 13.2 Å². The lowest BCUT2D eigenvalue weighted by atomic mass is 10.1. The number of alkyl halides is 3. The first-order chi connectivity index (χ1) is 8.93. The van der Waals surface area contributed by atoms with Crippen LogP contribution in [0.1, 0.15) is 24.0 Å². The molecule has 0 heterocycles. The Morgan fingerprint density at radius 3 is 2.55 bits per heavy atom. The minimum atomic E-state index is -4.38. The number of nitrogens with two attached hydrogens (primary N) is 1. The normalized spacial score (nSPS) is 10.8. The van der Waals surface area contributed by atoms with E-state index in [1.165, 1.54) is 12.1 Å². The fourth-order valence-electron chi connectivity index (χ4n) is 1.60. The number of benzene rings is 1. The predicted octanol–water partition coefficient (Wildman–Crippen LogP) is 2.52. The number of nitrogens with one attached hydrogen (secondary N) is 1. The smallest absolute Gasteiger partial charge is 0.356 e. The quantitative estimate of drug-likeness (QED) is 0.793. The first-order valence-electron chi connectivity index (χ1n) is 6.06. The molecule has 0 radical (unpaired) electrons. The van der Waals surface area contributed by atoms with Crippen LogP contribution >= 0.6 is 12.4 Å². The second kappa shape index (κ2) is 8.81. The average molecular weight is 311 g/mol. The Balaban J connectivity index is 0.00000361. The highest BCUT2D eigenvalue weighted by Crippen LogP contribution is 2.29. The fraction of sp³-hybridized carbons (Fsp3) is 0.462. The summed E-state index contributed by atoms with van der Waals surface area (Å²) in [5.74, 6) is -0.281. The number of rotatable bonds is 6. The Bertz CT molecular complexity index is 424. The molecule has 1 amide bonds. The Morgan fingerprint density at radius 2 is 1.95 bits per heavy atom. The van der Waals surface area contributed by atoms with Crippen LogP contribution in [0.15, 0.2) is 24.3 Å². The summed E-state index contributed by atoms with van der Waals surface area (Å²) in [5, 5.41) is 2.65. The summed E-state index contributed by atoms with van der Waals surface area (Å²) < 4.78 is 37.4. The predicted molar refractivity (Wildman–Crippen MR) is 73.7 cm³/mol. The van der Waals surface area contributed by atoms with Crippen molar-refractivity contribution >= 4 is 18.3 Å². The lowest BCUT2D eigenvalue weighted by Gasteiger charge is -2.09. The van der Waals surface area contributed by atoms with Crippen molar-refractivity contribution in [2.24, 2.45) is 5.73 Å². The van der Waals surface area contributed by atoms with Gasteiger partial charge >= 0.3 is 6.18 Å². The Hall–Kier alpha value is -1.27. The number of carbonyl (C=O) groups excluding carboxylic acids is 1. The van der Waals surface area contributed by atoms with Crippen molar-refractivity contribution in [3.63, 3.8) is 0 Å². The number of hydrogen-bond donors (Lipinski definition) is 2. The highest BCUT2D eigenvalue weighted by molar-refractivity contribution is 5.85. The van der Waals surface area contributed by atoms with Crippen molar-refractivity contribution in [2.45, 2.75) is 25.4 Å². The van der Waals surface area contributed by atoms with Crippen LogP contribution in [-0.4, -0.2) is 19.0 Å². The van der Waals surface area contributed by atoms with E-state index in [4.69, 9.17) is 5.73 Å². The van der Waals surface area contributed by atoms with Gasteiger partial charge in [-0.15, -0.1) is 12.4 Å². The Labute approximate surface area is 122 Å². The number of halogens is 4. The molecule has 0 spiro atoms. The van der Waals surface area contributed by atoms with Gasteiger partial charge in [-0.1, -0.05) is 18.2 Å². The van der Waals surface area contributed by atoms with E-state index in [0.717, 1.165) is 25.0 Å². The molecule has 0 unspecified atom stereocenters. The molecule has 1 rings (SSSR count). The third-order valence-corrected chi connectivity index (χ3v) is 2.57. The van der Waals surface area contributed by atoms with E-state index in [1.807, 2.05) is 0 Å². The van der Waals surface area contributed by atoms with E-state index < -0.39 is 11.7 Å². The molecule has 3 nitrogen and oxygen atoms in total. The van der Waals surface area contributed by atoms with Crippen LogP contribution in [0.2, 0.25) is 0 Å². The molecule has 0 saturated heterocycles. The van der Waals surface area contributed by atoms with Gasteiger partial charge in [0, 0.05) is 6.54 Å². The van der Waals surface area contributed by atoms with E-state index in [2.05, 4.69) is 5.32 Å². The summed E-state index contributed by atoms with van der Waals surface area (Å²) in [6.45, 7) is 1.05. The van der Waals surface area contributed by atoms with Gasteiger partial charge in [0.05, 0.1) is 12.0 Å². The summed E-state index contributed by atoms with van der Waals surface area (Å²) in [6.07, 6.45) is -2.85. The van der Waals surface area contributed by atoms with Gasteiger partial charge in [0.25, 0.3) is 0 Å². The van der Waals surface area contributed by atoms with Crippen LogP contribution < -0.4 is 11.1 Å². The molecule has 1 aromatic carbocycles. The first kappa shape index (κ1) is 18.7. The minimum absolute atomic E-state index is 0. The van der Waals surface area contributed by atoms with Crippen LogP contribution in [0.25, 0.3) is 0 Å². The second-order valence-electron chi connectivity index (χ2n) is 4.22. The molecule has 0 aliphatic heterocycles. The summed E-state index contributed by atoms with van der Waals surface area (Å²) in [6, 6.07) is 4.80. The lowest BCUT2D eigenvalue weighted by Crippen LogP contribution is -2.26. The molecule has 7 heteroatoms.